The van der Waals surface area contributed by atoms with Crippen LogP contribution >= 0.6 is 23.2 Å². The van der Waals surface area contributed by atoms with Gasteiger partial charge in [0, 0.05) is 23.7 Å². The van der Waals surface area contributed by atoms with Crippen LogP contribution in [-0.2, 0) is 0 Å². The topological polar surface area (TPSA) is 15.3 Å². The molecule has 1 saturated heterocycles. The minimum atomic E-state index is 0.413. The van der Waals surface area contributed by atoms with Crippen LogP contribution in [0.1, 0.15) is 19.8 Å². The predicted molar refractivity (Wildman–Crippen MR) is 67.5 cm³/mol. The SMILES string of the molecule is CN1CCC(C)(CNCC(Cl)=CCl)CC1. The number of nitrogens with one attached hydrogen (secondary N) is 1. The second-order valence-electron chi connectivity index (χ2n) is 4.77. The largest absolute Gasteiger partial charge is 0.311 e. The van der Waals surface area contributed by atoms with Crippen LogP contribution in [0.25, 0.3) is 0 Å². The Labute approximate surface area is 103 Å². The Morgan fingerprint density at radius 2 is 2.07 bits per heavy atom. The lowest BCUT2D eigenvalue weighted by molar-refractivity contribution is 0.138. The smallest absolute Gasteiger partial charge is 0.0431 e. The second kappa shape index (κ2) is 6.09. The van der Waals surface area contributed by atoms with Crippen LogP contribution < -0.4 is 5.32 Å². The third kappa shape index (κ3) is 4.73. The molecule has 1 aliphatic rings. The van der Waals surface area contributed by atoms with Gasteiger partial charge in [0.2, 0.25) is 0 Å². The molecular weight excluding hydrogens is 231 g/mol. The number of likely N-dealkylation sites (tertiary alicyclic amines) is 1. The van der Waals surface area contributed by atoms with E-state index in [1.165, 1.54) is 31.5 Å². The second-order valence-corrected chi connectivity index (χ2v) is 5.48. The van der Waals surface area contributed by atoms with E-state index in [1.807, 2.05) is 0 Å². The molecule has 0 aromatic carbocycles. The Bertz CT molecular complexity index is 221. The van der Waals surface area contributed by atoms with Crippen molar-refractivity contribution in [1.29, 1.82) is 0 Å². The van der Waals surface area contributed by atoms with Gasteiger partial charge in [-0.25, -0.2) is 0 Å². The third-order valence-electron chi connectivity index (χ3n) is 3.16. The highest BCUT2D eigenvalue weighted by Gasteiger charge is 2.28. The number of hydrogen-bond donors (Lipinski definition) is 1. The summed E-state index contributed by atoms with van der Waals surface area (Å²) in [6.45, 7) is 6.41. The fourth-order valence-corrected chi connectivity index (χ4v) is 2.03. The molecule has 0 unspecified atom stereocenters. The highest BCUT2D eigenvalue weighted by Crippen LogP contribution is 2.29. The number of nitrogens with zero attached hydrogens (tertiary/aromatic N) is 1. The molecule has 0 atom stereocenters. The van der Waals surface area contributed by atoms with Crippen LogP contribution in [0.5, 0.6) is 0 Å². The predicted octanol–water partition coefficient (Wildman–Crippen LogP) is 2.63. The molecule has 15 heavy (non-hydrogen) atoms. The van der Waals surface area contributed by atoms with Gasteiger partial charge in [0.1, 0.15) is 0 Å². The summed E-state index contributed by atoms with van der Waals surface area (Å²) in [5, 5.41) is 4.03. The van der Waals surface area contributed by atoms with E-state index in [0.717, 1.165) is 6.54 Å². The molecule has 0 spiro atoms. The Kier molecular flexibility index (Phi) is 5.41. The number of halogens is 2. The highest BCUT2D eigenvalue weighted by molar-refractivity contribution is 6.36. The average Bonchev–Trinajstić information content (AvgIpc) is 2.23. The fourth-order valence-electron chi connectivity index (χ4n) is 1.86. The number of hydrogen-bond acceptors (Lipinski definition) is 2. The van der Waals surface area contributed by atoms with Gasteiger partial charge < -0.3 is 10.2 Å². The van der Waals surface area contributed by atoms with E-state index in [2.05, 4.69) is 24.2 Å². The number of rotatable bonds is 4. The summed E-state index contributed by atoms with van der Waals surface area (Å²) in [5.41, 5.74) is 1.83. The molecule has 1 rings (SSSR count). The van der Waals surface area contributed by atoms with Crippen molar-refractivity contribution < 1.29 is 0 Å². The summed E-state index contributed by atoms with van der Waals surface area (Å²) < 4.78 is 0. The zero-order valence-corrected chi connectivity index (χ0v) is 11.0. The lowest BCUT2D eigenvalue weighted by Gasteiger charge is -2.38. The van der Waals surface area contributed by atoms with Gasteiger partial charge in [-0.3, -0.25) is 0 Å². The van der Waals surface area contributed by atoms with Gasteiger partial charge >= 0.3 is 0 Å². The van der Waals surface area contributed by atoms with Crippen molar-refractivity contribution in [3.8, 4) is 0 Å². The first-order chi connectivity index (χ1) is 7.06. The lowest BCUT2D eigenvalue weighted by Crippen LogP contribution is -2.42. The van der Waals surface area contributed by atoms with Crippen molar-refractivity contribution in [3.63, 3.8) is 0 Å². The summed E-state index contributed by atoms with van der Waals surface area (Å²) in [6, 6.07) is 0. The lowest BCUT2D eigenvalue weighted by atomic mass is 9.80. The van der Waals surface area contributed by atoms with E-state index in [1.54, 1.807) is 0 Å². The molecule has 1 aliphatic heterocycles. The Morgan fingerprint density at radius 3 is 2.60 bits per heavy atom. The van der Waals surface area contributed by atoms with Gasteiger partial charge in [-0.1, -0.05) is 30.1 Å². The van der Waals surface area contributed by atoms with Crippen LogP contribution in [0.4, 0.5) is 0 Å². The highest BCUT2D eigenvalue weighted by atomic mass is 35.5. The Hall–Kier alpha value is 0.240. The molecule has 0 aromatic rings. The standard InChI is InChI=1S/C11H20Cl2N2/c1-11(3-5-15(2)6-4-11)9-14-8-10(13)7-12/h7,14H,3-6,8-9H2,1-2H3. The first kappa shape index (κ1) is 13.3. The molecular formula is C11H20Cl2N2. The monoisotopic (exact) mass is 250 g/mol. The van der Waals surface area contributed by atoms with E-state index in [9.17, 15) is 0 Å². The van der Waals surface area contributed by atoms with Gasteiger partial charge in [-0.2, -0.15) is 0 Å². The molecule has 0 aromatic heterocycles. The minimum Gasteiger partial charge on any atom is -0.311 e. The average molecular weight is 251 g/mol. The first-order valence-electron chi connectivity index (χ1n) is 5.40. The Morgan fingerprint density at radius 1 is 1.47 bits per heavy atom. The van der Waals surface area contributed by atoms with Crippen molar-refractivity contribution in [1.82, 2.24) is 10.2 Å². The van der Waals surface area contributed by atoms with Gasteiger partial charge in [-0.05, 0) is 38.4 Å². The molecule has 88 valence electrons. The molecule has 0 aliphatic carbocycles. The molecule has 0 saturated carbocycles. The summed E-state index contributed by atoms with van der Waals surface area (Å²) in [5.74, 6) is 0. The van der Waals surface area contributed by atoms with Gasteiger partial charge in [0.15, 0.2) is 0 Å². The van der Waals surface area contributed by atoms with Crippen molar-refractivity contribution >= 4 is 23.2 Å². The maximum Gasteiger partial charge on any atom is 0.0431 e. The first-order valence-corrected chi connectivity index (χ1v) is 6.21. The summed E-state index contributed by atoms with van der Waals surface area (Å²) in [6.07, 6.45) is 2.50. The molecule has 1 N–H and O–H groups in total. The quantitative estimate of drug-likeness (QED) is 0.826. The van der Waals surface area contributed by atoms with E-state index in [4.69, 9.17) is 23.2 Å². The molecule has 1 fully saturated rings. The molecule has 4 heteroatoms. The van der Waals surface area contributed by atoms with E-state index in [-0.39, 0.29) is 0 Å². The van der Waals surface area contributed by atoms with Gasteiger partial charge in [0.25, 0.3) is 0 Å². The van der Waals surface area contributed by atoms with Crippen molar-refractivity contribution in [2.24, 2.45) is 5.41 Å². The Balaban J connectivity index is 2.25. The minimum absolute atomic E-state index is 0.413. The van der Waals surface area contributed by atoms with Crippen LogP contribution in [-0.4, -0.2) is 38.1 Å². The van der Waals surface area contributed by atoms with E-state index in [0.29, 0.717) is 17.0 Å². The zero-order valence-electron chi connectivity index (χ0n) is 9.52. The maximum atomic E-state index is 5.81. The fraction of sp³-hybridized carbons (Fsp3) is 0.818. The molecule has 0 bridgehead atoms. The third-order valence-corrected chi connectivity index (χ3v) is 3.78. The van der Waals surface area contributed by atoms with Crippen molar-refractivity contribution in [2.75, 3.05) is 33.2 Å². The molecule has 2 nitrogen and oxygen atoms in total. The summed E-state index contributed by atoms with van der Waals surface area (Å²) in [4.78, 5) is 2.38. The van der Waals surface area contributed by atoms with Crippen LogP contribution in [0.2, 0.25) is 0 Å². The van der Waals surface area contributed by atoms with Crippen molar-refractivity contribution in [3.05, 3.63) is 10.6 Å². The summed E-state index contributed by atoms with van der Waals surface area (Å²) >= 11 is 11.3. The van der Waals surface area contributed by atoms with Crippen LogP contribution in [0.3, 0.4) is 0 Å². The number of piperidine rings is 1. The normalized spacial score (nSPS) is 23.1. The summed E-state index contributed by atoms with van der Waals surface area (Å²) in [7, 11) is 2.18. The van der Waals surface area contributed by atoms with E-state index < -0.39 is 0 Å². The zero-order chi connectivity index (χ0) is 11.3. The molecule has 0 amide bonds. The van der Waals surface area contributed by atoms with Gasteiger partial charge in [-0.15, -0.1) is 0 Å². The van der Waals surface area contributed by atoms with Crippen LogP contribution in [0, 0.1) is 5.41 Å². The van der Waals surface area contributed by atoms with Crippen molar-refractivity contribution in [2.45, 2.75) is 19.8 Å². The van der Waals surface area contributed by atoms with Crippen LogP contribution in [0.15, 0.2) is 10.6 Å². The van der Waals surface area contributed by atoms with Gasteiger partial charge in [0.05, 0.1) is 0 Å². The van der Waals surface area contributed by atoms with E-state index >= 15 is 0 Å². The molecule has 0 radical (unpaired) electrons. The maximum absolute atomic E-state index is 5.81. The molecule has 1 heterocycles.